The molecule has 3 heteroatoms. The molecule has 2 N–H and O–H groups in total. The van der Waals surface area contributed by atoms with Gasteiger partial charge in [-0.25, -0.2) is 0 Å². The number of aliphatic hydroxyl groups is 1. The molecule has 0 aromatic carbocycles. The van der Waals surface area contributed by atoms with E-state index in [1.165, 1.54) is 58.2 Å². The molecule has 0 aromatic rings. The third-order valence-corrected chi connectivity index (χ3v) is 4.35. The van der Waals surface area contributed by atoms with E-state index < -0.39 is 0 Å². The summed E-state index contributed by atoms with van der Waals surface area (Å²) in [5.74, 6) is 1.93. The Balaban J connectivity index is 1.78. The van der Waals surface area contributed by atoms with Crippen LogP contribution in [0.2, 0.25) is 0 Å². The minimum absolute atomic E-state index is 0.263. The van der Waals surface area contributed by atoms with E-state index in [0.717, 1.165) is 18.4 Å². The number of piperidine rings is 1. The van der Waals surface area contributed by atoms with Gasteiger partial charge in [0.2, 0.25) is 0 Å². The van der Waals surface area contributed by atoms with Gasteiger partial charge in [-0.2, -0.15) is 0 Å². The molecule has 1 saturated heterocycles. The highest BCUT2D eigenvalue weighted by Gasteiger charge is 2.31. The largest absolute Gasteiger partial charge is 0.395 e. The number of likely N-dealkylation sites (tertiary alicyclic amines) is 1. The normalized spacial score (nSPS) is 29.7. The van der Waals surface area contributed by atoms with Crippen molar-refractivity contribution < 1.29 is 5.11 Å². The average molecular weight is 254 g/mol. The van der Waals surface area contributed by atoms with E-state index in [9.17, 15) is 0 Å². The van der Waals surface area contributed by atoms with E-state index >= 15 is 0 Å². The molecule has 2 unspecified atom stereocenters. The molecule has 106 valence electrons. The average Bonchev–Trinajstić information content (AvgIpc) is 3.17. The Hall–Kier alpha value is -0.120. The molecule has 1 heterocycles. The Morgan fingerprint density at radius 2 is 2.06 bits per heavy atom. The van der Waals surface area contributed by atoms with Crippen LogP contribution in [0.1, 0.15) is 45.4 Å². The van der Waals surface area contributed by atoms with Crippen molar-refractivity contribution in [2.24, 2.45) is 11.8 Å². The fraction of sp³-hybridized carbons (Fsp3) is 1.00. The second-order valence-corrected chi connectivity index (χ2v) is 6.27. The predicted octanol–water partition coefficient (Wildman–Crippen LogP) is 1.86. The van der Waals surface area contributed by atoms with E-state index in [0.29, 0.717) is 6.04 Å². The van der Waals surface area contributed by atoms with Crippen molar-refractivity contribution in [2.45, 2.75) is 51.5 Å². The van der Waals surface area contributed by atoms with Gasteiger partial charge in [-0.1, -0.05) is 26.2 Å². The summed E-state index contributed by atoms with van der Waals surface area (Å²) in [4.78, 5) is 2.65. The standard InChI is InChI=1S/C15H30N2O/c1-2-3-7-17-11-14(9-13-4-5-13)10-15(12-17)16-6-8-18/h13-16,18H,2-12H2,1H3. The molecule has 18 heavy (non-hydrogen) atoms. The molecule has 0 radical (unpaired) electrons. The predicted molar refractivity (Wildman–Crippen MR) is 75.7 cm³/mol. The first-order valence-corrected chi connectivity index (χ1v) is 7.88. The quantitative estimate of drug-likeness (QED) is 0.694. The molecule has 0 spiro atoms. The Morgan fingerprint density at radius 3 is 2.72 bits per heavy atom. The Bertz CT molecular complexity index is 215. The number of nitrogens with zero attached hydrogens (tertiary/aromatic N) is 1. The maximum atomic E-state index is 8.95. The van der Waals surface area contributed by atoms with Crippen molar-refractivity contribution in [3.8, 4) is 0 Å². The van der Waals surface area contributed by atoms with Crippen molar-refractivity contribution in [3.63, 3.8) is 0 Å². The molecule has 1 saturated carbocycles. The first kappa shape index (κ1) is 14.3. The zero-order valence-corrected chi connectivity index (χ0v) is 11.9. The molecule has 0 bridgehead atoms. The van der Waals surface area contributed by atoms with Gasteiger partial charge in [0.15, 0.2) is 0 Å². The minimum atomic E-state index is 0.263. The van der Waals surface area contributed by atoms with Crippen LogP contribution in [0.15, 0.2) is 0 Å². The molecule has 2 fully saturated rings. The number of hydrogen-bond donors (Lipinski definition) is 2. The fourth-order valence-electron chi connectivity index (χ4n) is 3.28. The second-order valence-electron chi connectivity index (χ2n) is 6.27. The third-order valence-electron chi connectivity index (χ3n) is 4.35. The molecular weight excluding hydrogens is 224 g/mol. The topological polar surface area (TPSA) is 35.5 Å². The van der Waals surface area contributed by atoms with Crippen LogP contribution in [0.5, 0.6) is 0 Å². The number of aliphatic hydroxyl groups excluding tert-OH is 1. The van der Waals surface area contributed by atoms with E-state index in [1.807, 2.05) is 0 Å². The molecule has 1 aliphatic heterocycles. The lowest BCUT2D eigenvalue weighted by Crippen LogP contribution is -2.50. The lowest BCUT2D eigenvalue weighted by atomic mass is 9.89. The van der Waals surface area contributed by atoms with Crippen LogP contribution < -0.4 is 5.32 Å². The molecule has 0 amide bonds. The van der Waals surface area contributed by atoms with Crippen molar-refractivity contribution in [2.75, 3.05) is 32.8 Å². The van der Waals surface area contributed by atoms with Gasteiger partial charge < -0.3 is 15.3 Å². The summed E-state index contributed by atoms with van der Waals surface area (Å²) in [5, 5.41) is 12.5. The van der Waals surface area contributed by atoms with Gasteiger partial charge in [-0.15, -0.1) is 0 Å². The van der Waals surface area contributed by atoms with Crippen molar-refractivity contribution >= 4 is 0 Å². The van der Waals surface area contributed by atoms with Crippen molar-refractivity contribution in [1.82, 2.24) is 10.2 Å². The van der Waals surface area contributed by atoms with Crippen LogP contribution in [-0.4, -0.2) is 48.8 Å². The second kappa shape index (κ2) is 7.46. The lowest BCUT2D eigenvalue weighted by Gasteiger charge is -2.38. The number of unbranched alkanes of at least 4 members (excludes halogenated alkanes) is 1. The smallest absolute Gasteiger partial charge is 0.0556 e. The van der Waals surface area contributed by atoms with Crippen molar-refractivity contribution in [3.05, 3.63) is 0 Å². The van der Waals surface area contributed by atoms with Gasteiger partial charge >= 0.3 is 0 Å². The summed E-state index contributed by atoms with van der Waals surface area (Å²) in [5.41, 5.74) is 0. The van der Waals surface area contributed by atoms with E-state index in [1.54, 1.807) is 0 Å². The van der Waals surface area contributed by atoms with Crippen LogP contribution in [0.3, 0.4) is 0 Å². The summed E-state index contributed by atoms with van der Waals surface area (Å²) in [6.45, 7) is 7.04. The molecule has 2 atom stereocenters. The Kier molecular flexibility index (Phi) is 5.93. The Morgan fingerprint density at radius 1 is 1.22 bits per heavy atom. The summed E-state index contributed by atoms with van der Waals surface area (Å²) < 4.78 is 0. The lowest BCUT2D eigenvalue weighted by molar-refractivity contribution is 0.128. The molecule has 3 nitrogen and oxygen atoms in total. The minimum Gasteiger partial charge on any atom is -0.395 e. The SMILES string of the molecule is CCCCN1CC(CC2CC2)CC(NCCO)C1. The number of rotatable bonds is 8. The van der Waals surface area contributed by atoms with Crippen LogP contribution >= 0.6 is 0 Å². The highest BCUT2D eigenvalue weighted by molar-refractivity contribution is 4.87. The maximum Gasteiger partial charge on any atom is 0.0556 e. The van der Waals surface area contributed by atoms with Crippen LogP contribution in [0, 0.1) is 11.8 Å². The zero-order valence-electron chi connectivity index (χ0n) is 11.9. The highest BCUT2D eigenvalue weighted by Crippen LogP contribution is 2.37. The first-order chi connectivity index (χ1) is 8.81. The van der Waals surface area contributed by atoms with Gasteiger partial charge in [0.25, 0.3) is 0 Å². The van der Waals surface area contributed by atoms with E-state index in [-0.39, 0.29) is 6.61 Å². The summed E-state index contributed by atoms with van der Waals surface area (Å²) in [6, 6.07) is 0.603. The fourth-order valence-corrected chi connectivity index (χ4v) is 3.28. The highest BCUT2D eigenvalue weighted by atomic mass is 16.3. The van der Waals surface area contributed by atoms with Gasteiger partial charge in [0, 0.05) is 25.7 Å². The molecular formula is C15H30N2O. The van der Waals surface area contributed by atoms with E-state index in [2.05, 4.69) is 17.1 Å². The number of hydrogen-bond acceptors (Lipinski definition) is 3. The maximum absolute atomic E-state index is 8.95. The van der Waals surface area contributed by atoms with Gasteiger partial charge in [-0.05, 0) is 37.6 Å². The molecule has 1 aliphatic carbocycles. The monoisotopic (exact) mass is 254 g/mol. The van der Waals surface area contributed by atoms with E-state index in [4.69, 9.17) is 5.11 Å². The van der Waals surface area contributed by atoms with Crippen LogP contribution in [0.4, 0.5) is 0 Å². The van der Waals surface area contributed by atoms with Gasteiger partial charge in [-0.3, -0.25) is 0 Å². The molecule has 2 aliphatic rings. The van der Waals surface area contributed by atoms with Crippen molar-refractivity contribution in [1.29, 1.82) is 0 Å². The zero-order chi connectivity index (χ0) is 12.8. The molecule has 0 aromatic heterocycles. The molecule has 2 rings (SSSR count). The van der Waals surface area contributed by atoms with Crippen LogP contribution in [0.25, 0.3) is 0 Å². The number of nitrogens with one attached hydrogen (secondary N) is 1. The Labute approximate surface area is 112 Å². The summed E-state index contributed by atoms with van der Waals surface area (Å²) in [7, 11) is 0. The van der Waals surface area contributed by atoms with Gasteiger partial charge in [0.05, 0.1) is 6.61 Å². The summed E-state index contributed by atoms with van der Waals surface area (Å²) in [6.07, 6.45) is 8.32. The van der Waals surface area contributed by atoms with Crippen LogP contribution in [-0.2, 0) is 0 Å². The van der Waals surface area contributed by atoms with Gasteiger partial charge in [0.1, 0.15) is 0 Å². The third kappa shape index (κ3) is 4.87. The summed E-state index contributed by atoms with van der Waals surface area (Å²) >= 11 is 0. The first-order valence-electron chi connectivity index (χ1n) is 7.88.